The molecule has 3 heteroatoms. The third kappa shape index (κ3) is 1.45. The van der Waals surface area contributed by atoms with Gasteiger partial charge in [-0.15, -0.1) is 0 Å². The van der Waals surface area contributed by atoms with E-state index in [-0.39, 0.29) is 17.9 Å². The van der Waals surface area contributed by atoms with Crippen molar-refractivity contribution in [3.05, 3.63) is 0 Å². The van der Waals surface area contributed by atoms with E-state index in [1.807, 2.05) is 13.1 Å². The van der Waals surface area contributed by atoms with E-state index >= 15 is 0 Å². The summed E-state index contributed by atoms with van der Waals surface area (Å²) in [6, 6.07) is 0.177. The highest BCUT2D eigenvalue weighted by molar-refractivity contribution is 5.76. The second kappa shape index (κ2) is 3.71. The van der Waals surface area contributed by atoms with E-state index in [1.165, 1.54) is 6.42 Å². The van der Waals surface area contributed by atoms with E-state index < -0.39 is 0 Å². The van der Waals surface area contributed by atoms with Gasteiger partial charge in [-0.1, -0.05) is 6.92 Å². The van der Waals surface area contributed by atoms with Crippen LogP contribution in [-0.2, 0) is 9.53 Å². The zero-order valence-electron chi connectivity index (χ0n) is 8.77. The number of fused-ring (bicyclic) bond motifs is 1. The van der Waals surface area contributed by atoms with Gasteiger partial charge in [0.05, 0.1) is 18.6 Å². The Kier molecular flexibility index (Phi) is 2.57. The lowest BCUT2D eigenvalue weighted by Crippen LogP contribution is -2.36. The summed E-state index contributed by atoms with van der Waals surface area (Å²) in [6.07, 6.45) is 4.00. The van der Waals surface area contributed by atoms with Crippen molar-refractivity contribution in [1.82, 2.24) is 0 Å². The summed E-state index contributed by atoms with van der Waals surface area (Å²) in [5, 5.41) is 0. The maximum absolute atomic E-state index is 11.5. The molecule has 0 N–H and O–H groups in total. The minimum absolute atomic E-state index is 0.0304. The first-order valence-corrected chi connectivity index (χ1v) is 5.38. The van der Waals surface area contributed by atoms with E-state index in [1.54, 1.807) is 0 Å². The summed E-state index contributed by atoms with van der Waals surface area (Å²) >= 11 is 0. The molecule has 0 spiro atoms. The fourth-order valence-corrected chi connectivity index (χ4v) is 2.70. The fourth-order valence-electron chi connectivity index (χ4n) is 2.70. The molecule has 0 bridgehead atoms. The Labute approximate surface area is 84.5 Å². The van der Waals surface area contributed by atoms with Crippen molar-refractivity contribution < 1.29 is 9.53 Å². The first-order valence-electron chi connectivity index (χ1n) is 5.38. The number of hydrogen-bond acceptors (Lipinski definition) is 3. The van der Waals surface area contributed by atoms with Gasteiger partial charge in [0.25, 0.3) is 0 Å². The number of rotatable bonds is 1. The molecule has 0 aromatic rings. The van der Waals surface area contributed by atoms with Crippen LogP contribution in [0.2, 0.25) is 0 Å². The van der Waals surface area contributed by atoms with Crippen LogP contribution in [0.25, 0.3) is 0 Å². The second-order valence-corrected chi connectivity index (χ2v) is 4.35. The number of ether oxygens (including phenoxy) is 1. The summed E-state index contributed by atoms with van der Waals surface area (Å²) in [5.74, 6) is 1.02. The molecular formula is C11H17NO2. The molecule has 14 heavy (non-hydrogen) atoms. The van der Waals surface area contributed by atoms with Gasteiger partial charge >= 0.3 is 5.97 Å². The van der Waals surface area contributed by atoms with Crippen LogP contribution in [0, 0.1) is 17.8 Å². The summed E-state index contributed by atoms with van der Waals surface area (Å²) in [5.41, 5.74) is 0. The van der Waals surface area contributed by atoms with Gasteiger partial charge in [-0.3, -0.25) is 9.79 Å². The van der Waals surface area contributed by atoms with Gasteiger partial charge in [0, 0.05) is 5.92 Å². The molecule has 1 saturated carbocycles. The minimum Gasteiger partial charge on any atom is -0.465 e. The highest BCUT2D eigenvalue weighted by atomic mass is 16.5. The molecule has 1 saturated heterocycles. The average molecular weight is 195 g/mol. The molecule has 4 unspecified atom stereocenters. The molecule has 2 aliphatic rings. The first-order chi connectivity index (χ1) is 6.74. The fraction of sp³-hybridized carbons (Fsp3) is 0.818. The molecule has 1 aliphatic heterocycles. The van der Waals surface area contributed by atoms with E-state index in [0.29, 0.717) is 18.4 Å². The summed E-state index contributed by atoms with van der Waals surface area (Å²) in [6.45, 7) is 4.74. The van der Waals surface area contributed by atoms with Crippen LogP contribution in [0.5, 0.6) is 0 Å². The third-order valence-electron chi connectivity index (χ3n) is 3.56. The van der Waals surface area contributed by atoms with E-state index in [4.69, 9.17) is 4.74 Å². The Hall–Kier alpha value is -0.860. The molecule has 78 valence electrons. The van der Waals surface area contributed by atoms with E-state index in [0.717, 1.165) is 6.42 Å². The SMILES string of the molecule is CC=NC1CCC(C)C2COC(=O)C12. The van der Waals surface area contributed by atoms with E-state index in [9.17, 15) is 4.79 Å². The number of nitrogens with zero attached hydrogens (tertiary/aromatic N) is 1. The van der Waals surface area contributed by atoms with Gasteiger partial charge in [0.1, 0.15) is 0 Å². The van der Waals surface area contributed by atoms with Crippen molar-refractivity contribution in [2.45, 2.75) is 32.7 Å². The van der Waals surface area contributed by atoms with Crippen LogP contribution in [0.1, 0.15) is 26.7 Å². The Balaban J connectivity index is 2.19. The lowest BCUT2D eigenvalue weighted by atomic mass is 9.72. The maximum atomic E-state index is 11.5. The number of carbonyl (C=O) groups is 1. The predicted octanol–water partition coefficient (Wildman–Crippen LogP) is 1.66. The molecule has 2 fully saturated rings. The number of hydrogen-bond donors (Lipinski definition) is 0. The normalized spacial score (nSPS) is 42.6. The Bertz CT molecular complexity index is 262. The molecule has 1 aliphatic carbocycles. The highest BCUT2D eigenvalue weighted by Crippen LogP contribution is 2.40. The summed E-state index contributed by atoms with van der Waals surface area (Å²) < 4.78 is 5.13. The summed E-state index contributed by atoms with van der Waals surface area (Å²) in [7, 11) is 0. The van der Waals surface area contributed by atoms with Gasteiger partial charge in [-0.25, -0.2) is 0 Å². The van der Waals surface area contributed by atoms with Crippen LogP contribution in [-0.4, -0.2) is 24.8 Å². The Morgan fingerprint density at radius 1 is 1.50 bits per heavy atom. The second-order valence-electron chi connectivity index (χ2n) is 4.35. The molecule has 2 rings (SSSR count). The van der Waals surface area contributed by atoms with Crippen molar-refractivity contribution >= 4 is 12.2 Å². The molecule has 0 aromatic carbocycles. The Morgan fingerprint density at radius 3 is 3.00 bits per heavy atom. The molecule has 3 nitrogen and oxygen atoms in total. The molecular weight excluding hydrogens is 178 g/mol. The van der Waals surface area contributed by atoms with Crippen LogP contribution >= 0.6 is 0 Å². The smallest absolute Gasteiger partial charge is 0.311 e. The molecule has 4 atom stereocenters. The first kappa shape index (κ1) is 9.69. The zero-order valence-corrected chi connectivity index (χ0v) is 8.77. The van der Waals surface area contributed by atoms with Crippen molar-refractivity contribution in [1.29, 1.82) is 0 Å². The number of carbonyl (C=O) groups excluding carboxylic acids is 1. The molecule has 1 heterocycles. The lowest BCUT2D eigenvalue weighted by molar-refractivity contribution is -0.142. The average Bonchev–Trinajstić information content (AvgIpc) is 2.55. The largest absolute Gasteiger partial charge is 0.465 e. The number of aliphatic imine (C=N–C) groups is 1. The zero-order chi connectivity index (χ0) is 10.1. The quantitative estimate of drug-likeness (QED) is 0.471. The summed E-state index contributed by atoms with van der Waals surface area (Å²) in [4.78, 5) is 15.9. The monoisotopic (exact) mass is 195 g/mol. The van der Waals surface area contributed by atoms with E-state index in [2.05, 4.69) is 11.9 Å². The highest BCUT2D eigenvalue weighted by Gasteiger charge is 2.47. The van der Waals surface area contributed by atoms with Crippen LogP contribution < -0.4 is 0 Å². The van der Waals surface area contributed by atoms with Crippen LogP contribution in [0.3, 0.4) is 0 Å². The van der Waals surface area contributed by atoms with Gasteiger partial charge in [0.15, 0.2) is 0 Å². The van der Waals surface area contributed by atoms with Gasteiger partial charge < -0.3 is 4.74 Å². The van der Waals surface area contributed by atoms with Gasteiger partial charge in [0.2, 0.25) is 0 Å². The van der Waals surface area contributed by atoms with Crippen LogP contribution in [0.15, 0.2) is 4.99 Å². The number of cyclic esters (lactones) is 1. The van der Waals surface area contributed by atoms with Crippen molar-refractivity contribution in [3.8, 4) is 0 Å². The van der Waals surface area contributed by atoms with Crippen LogP contribution in [0.4, 0.5) is 0 Å². The maximum Gasteiger partial charge on any atom is 0.311 e. The third-order valence-corrected chi connectivity index (χ3v) is 3.56. The van der Waals surface area contributed by atoms with Crippen molar-refractivity contribution in [2.24, 2.45) is 22.7 Å². The topological polar surface area (TPSA) is 38.7 Å². The van der Waals surface area contributed by atoms with Crippen molar-refractivity contribution in [2.75, 3.05) is 6.61 Å². The minimum atomic E-state index is -0.0304. The lowest BCUT2D eigenvalue weighted by Gasteiger charge is -2.32. The molecule has 0 amide bonds. The molecule has 0 radical (unpaired) electrons. The van der Waals surface area contributed by atoms with Gasteiger partial charge in [-0.05, 0) is 31.9 Å². The van der Waals surface area contributed by atoms with Gasteiger partial charge in [-0.2, -0.15) is 0 Å². The standard InChI is InChI=1S/C11H17NO2/c1-3-12-9-5-4-7(2)8-6-14-11(13)10(8)9/h3,7-10H,4-6H2,1-2H3. The molecule has 0 aromatic heterocycles. The Morgan fingerprint density at radius 2 is 2.29 bits per heavy atom. The number of esters is 1. The predicted molar refractivity (Wildman–Crippen MR) is 54.3 cm³/mol. The van der Waals surface area contributed by atoms with Crippen molar-refractivity contribution in [3.63, 3.8) is 0 Å².